The molecular weight excluding hydrogens is 220 g/mol. The van der Waals surface area contributed by atoms with Crippen LogP contribution in [-0.4, -0.2) is 24.2 Å². The molecule has 0 unspecified atom stereocenters. The minimum atomic E-state index is -0.996. The normalized spacial score (nSPS) is 9.06. The molecule has 4 heteroatoms. The van der Waals surface area contributed by atoms with Crippen LogP contribution in [0.1, 0.15) is 27.9 Å². The van der Waals surface area contributed by atoms with Crippen molar-refractivity contribution >= 4 is 11.9 Å². The Labute approximate surface area is 99.2 Å². The van der Waals surface area contributed by atoms with Crippen molar-refractivity contribution in [1.29, 1.82) is 0 Å². The standard InChI is InChI=1S/C13H12O4/c1-9-6-7-11(13(16)17-2)10(8-9)4-3-5-12(14)15/h6-8H,5H2,1-2H3,(H,14,15). The number of carboxylic acid groups (broad SMARTS) is 1. The van der Waals surface area contributed by atoms with Crippen LogP contribution in [-0.2, 0) is 9.53 Å². The van der Waals surface area contributed by atoms with E-state index in [0.29, 0.717) is 11.1 Å². The second-order valence-electron chi connectivity index (χ2n) is 3.41. The zero-order valence-corrected chi connectivity index (χ0v) is 9.61. The fourth-order valence-electron chi connectivity index (χ4n) is 1.26. The highest BCUT2D eigenvalue weighted by Gasteiger charge is 2.09. The van der Waals surface area contributed by atoms with Crippen LogP contribution in [0.5, 0.6) is 0 Å². The van der Waals surface area contributed by atoms with Gasteiger partial charge in [-0.05, 0) is 24.6 Å². The summed E-state index contributed by atoms with van der Waals surface area (Å²) in [6, 6.07) is 5.11. The third-order valence-corrected chi connectivity index (χ3v) is 2.04. The van der Waals surface area contributed by atoms with Gasteiger partial charge in [-0.15, -0.1) is 0 Å². The third-order valence-electron chi connectivity index (χ3n) is 2.04. The van der Waals surface area contributed by atoms with E-state index >= 15 is 0 Å². The molecule has 1 aromatic rings. The summed E-state index contributed by atoms with van der Waals surface area (Å²) in [6.45, 7) is 1.86. The Bertz CT molecular complexity index is 506. The molecule has 0 heterocycles. The van der Waals surface area contributed by atoms with Crippen LogP contribution in [0.2, 0.25) is 0 Å². The molecule has 0 aliphatic rings. The molecule has 0 atom stereocenters. The maximum Gasteiger partial charge on any atom is 0.339 e. The molecule has 1 N–H and O–H groups in total. The number of esters is 1. The minimum Gasteiger partial charge on any atom is -0.481 e. The minimum absolute atomic E-state index is 0.255. The van der Waals surface area contributed by atoms with Gasteiger partial charge in [-0.3, -0.25) is 4.79 Å². The number of carbonyl (C=O) groups excluding carboxylic acids is 1. The van der Waals surface area contributed by atoms with Crippen LogP contribution < -0.4 is 0 Å². The number of rotatable bonds is 2. The molecule has 0 aliphatic heterocycles. The molecule has 0 saturated carbocycles. The van der Waals surface area contributed by atoms with Gasteiger partial charge in [-0.2, -0.15) is 0 Å². The highest BCUT2D eigenvalue weighted by Crippen LogP contribution is 2.11. The van der Waals surface area contributed by atoms with Gasteiger partial charge < -0.3 is 9.84 Å². The summed E-state index contributed by atoms with van der Waals surface area (Å²) in [7, 11) is 1.29. The molecule has 1 aromatic carbocycles. The summed E-state index contributed by atoms with van der Waals surface area (Å²) < 4.78 is 4.62. The molecule has 0 bridgehead atoms. The first-order valence-corrected chi connectivity index (χ1v) is 4.94. The van der Waals surface area contributed by atoms with Crippen LogP contribution in [0.15, 0.2) is 18.2 Å². The van der Waals surface area contributed by atoms with Crippen molar-refractivity contribution in [3.05, 3.63) is 34.9 Å². The maximum atomic E-state index is 11.4. The fraction of sp³-hybridized carbons (Fsp3) is 0.231. The molecule has 0 fully saturated rings. The summed E-state index contributed by atoms with van der Waals surface area (Å²) >= 11 is 0. The first-order valence-electron chi connectivity index (χ1n) is 4.94. The van der Waals surface area contributed by atoms with Gasteiger partial charge in [0.05, 0.1) is 12.7 Å². The Morgan fingerprint density at radius 1 is 1.41 bits per heavy atom. The van der Waals surface area contributed by atoms with Crippen molar-refractivity contribution in [3.63, 3.8) is 0 Å². The van der Waals surface area contributed by atoms with Gasteiger partial charge in [0.2, 0.25) is 0 Å². The molecule has 0 aliphatic carbocycles. The largest absolute Gasteiger partial charge is 0.481 e. The van der Waals surface area contributed by atoms with Gasteiger partial charge in [-0.25, -0.2) is 4.79 Å². The highest BCUT2D eigenvalue weighted by atomic mass is 16.5. The zero-order chi connectivity index (χ0) is 12.8. The Balaban J connectivity index is 3.10. The number of hydrogen-bond acceptors (Lipinski definition) is 3. The summed E-state index contributed by atoms with van der Waals surface area (Å²) in [5.41, 5.74) is 1.77. The lowest BCUT2D eigenvalue weighted by atomic mass is 10.0. The van der Waals surface area contributed by atoms with Crippen molar-refractivity contribution in [3.8, 4) is 11.8 Å². The van der Waals surface area contributed by atoms with E-state index in [1.54, 1.807) is 18.2 Å². The molecule has 88 valence electrons. The number of ether oxygens (including phenoxy) is 1. The van der Waals surface area contributed by atoms with Crippen molar-refractivity contribution in [2.45, 2.75) is 13.3 Å². The number of benzene rings is 1. The summed E-state index contributed by atoms with van der Waals surface area (Å²) in [4.78, 5) is 21.8. The van der Waals surface area contributed by atoms with E-state index in [9.17, 15) is 9.59 Å². The topological polar surface area (TPSA) is 63.6 Å². The third kappa shape index (κ3) is 3.65. The second-order valence-corrected chi connectivity index (χ2v) is 3.41. The molecule has 0 spiro atoms. The summed E-state index contributed by atoms with van der Waals surface area (Å²) in [5.74, 6) is 3.68. The van der Waals surface area contributed by atoms with Crippen molar-refractivity contribution in [2.75, 3.05) is 7.11 Å². The number of hydrogen-bond donors (Lipinski definition) is 1. The van der Waals surface area contributed by atoms with Crippen LogP contribution in [0.25, 0.3) is 0 Å². The monoisotopic (exact) mass is 232 g/mol. The lowest BCUT2D eigenvalue weighted by molar-refractivity contribution is -0.135. The van der Waals surface area contributed by atoms with E-state index in [-0.39, 0.29) is 6.42 Å². The van der Waals surface area contributed by atoms with Gasteiger partial charge in [0.1, 0.15) is 6.42 Å². The van der Waals surface area contributed by atoms with Gasteiger partial charge in [-0.1, -0.05) is 17.9 Å². The van der Waals surface area contributed by atoms with E-state index in [0.717, 1.165) is 5.56 Å². The second kappa shape index (κ2) is 5.71. The van der Waals surface area contributed by atoms with Crippen molar-refractivity contribution in [2.24, 2.45) is 0 Å². The molecule has 0 amide bonds. The van der Waals surface area contributed by atoms with E-state index < -0.39 is 11.9 Å². The molecule has 0 aromatic heterocycles. The zero-order valence-electron chi connectivity index (χ0n) is 9.61. The quantitative estimate of drug-likeness (QED) is 0.621. The van der Waals surface area contributed by atoms with Crippen LogP contribution >= 0.6 is 0 Å². The predicted octanol–water partition coefficient (Wildman–Crippen LogP) is 1.61. The summed E-state index contributed by atoms with van der Waals surface area (Å²) in [5, 5.41) is 8.48. The van der Waals surface area contributed by atoms with E-state index in [2.05, 4.69) is 16.6 Å². The number of carbonyl (C=O) groups is 2. The van der Waals surface area contributed by atoms with E-state index in [1.807, 2.05) is 6.92 Å². The first kappa shape index (κ1) is 12.8. The molecule has 1 rings (SSSR count). The number of aryl methyl sites for hydroxylation is 1. The Hall–Kier alpha value is -2.28. The van der Waals surface area contributed by atoms with Crippen LogP contribution in [0.3, 0.4) is 0 Å². The molecular formula is C13H12O4. The van der Waals surface area contributed by atoms with Crippen molar-refractivity contribution in [1.82, 2.24) is 0 Å². The highest BCUT2D eigenvalue weighted by molar-refractivity contribution is 5.92. The molecule has 0 radical (unpaired) electrons. The van der Waals surface area contributed by atoms with Gasteiger partial charge >= 0.3 is 11.9 Å². The lowest BCUT2D eigenvalue weighted by Crippen LogP contribution is -2.04. The average molecular weight is 232 g/mol. The average Bonchev–Trinajstić information content (AvgIpc) is 2.28. The van der Waals surface area contributed by atoms with Crippen molar-refractivity contribution < 1.29 is 19.4 Å². The maximum absolute atomic E-state index is 11.4. The Morgan fingerprint density at radius 2 is 2.12 bits per heavy atom. The molecule has 17 heavy (non-hydrogen) atoms. The number of methoxy groups -OCH3 is 1. The number of carboxylic acids is 1. The van der Waals surface area contributed by atoms with Crippen LogP contribution in [0.4, 0.5) is 0 Å². The van der Waals surface area contributed by atoms with Gasteiger partial charge in [0.25, 0.3) is 0 Å². The van der Waals surface area contributed by atoms with Gasteiger partial charge in [0.15, 0.2) is 0 Å². The van der Waals surface area contributed by atoms with E-state index in [1.165, 1.54) is 7.11 Å². The predicted molar refractivity (Wildman–Crippen MR) is 61.6 cm³/mol. The molecule has 0 saturated heterocycles. The van der Waals surface area contributed by atoms with E-state index in [4.69, 9.17) is 5.11 Å². The Kier molecular flexibility index (Phi) is 4.29. The van der Waals surface area contributed by atoms with Gasteiger partial charge in [0, 0.05) is 5.56 Å². The lowest BCUT2D eigenvalue weighted by Gasteiger charge is -2.03. The smallest absolute Gasteiger partial charge is 0.339 e. The van der Waals surface area contributed by atoms with Crippen LogP contribution in [0, 0.1) is 18.8 Å². The first-order chi connectivity index (χ1) is 8.04. The Morgan fingerprint density at radius 3 is 2.71 bits per heavy atom. The molecule has 4 nitrogen and oxygen atoms in total. The SMILES string of the molecule is COC(=O)c1ccc(C)cc1C#CCC(=O)O. The fourth-order valence-corrected chi connectivity index (χ4v) is 1.26. The summed E-state index contributed by atoms with van der Waals surface area (Å²) in [6.07, 6.45) is -0.255. The number of aliphatic carboxylic acids is 1.